The zero-order chi connectivity index (χ0) is 14.0. The Morgan fingerprint density at radius 2 is 2.05 bits per heavy atom. The molecule has 0 bridgehead atoms. The summed E-state index contributed by atoms with van der Waals surface area (Å²) in [7, 11) is 0. The molecule has 1 aromatic carbocycles. The number of rotatable bonds is 2. The van der Waals surface area contributed by atoms with Crippen LogP contribution in [-0.4, -0.2) is 12.1 Å². The van der Waals surface area contributed by atoms with Gasteiger partial charge in [0.15, 0.2) is 0 Å². The van der Waals surface area contributed by atoms with Crippen LogP contribution in [0.1, 0.15) is 6.92 Å². The lowest BCUT2D eigenvalue weighted by molar-refractivity contribution is -0.274. The molecule has 0 aliphatic carbocycles. The number of allylic oxidation sites excluding steroid dienone is 2. The maximum atomic E-state index is 12.1. The Morgan fingerprint density at radius 1 is 1.32 bits per heavy atom. The van der Waals surface area contributed by atoms with Crippen LogP contribution in [0.25, 0.3) is 0 Å². The van der Waals surface area contributed by atoms with E-state index in [0.717, 1.165) is 5.57 Å². The monoisotopic (exact) mass is 268 g/mol. The fourth-order valence-electron chi connectivity index (χ4n) is 1.51. The number of anilines is 1. The van der Waals surface area contributed by atoms with Gasteiger partial charge in [-0.2, -0.15) is 5.10 Å². The molecular formula is C13H11F3N2O. The lowest BCUT2D eigenvalue weighted by Crippen LogP contribution is -2.18. The second-order valence-corrected chi connectivity index (χ2v) is 3.92. The lowest BCUT2D eigenvalue weighted by Gasteiger charge is -2.20. The third kappa shape index (κ3) is 3.37. The molecule has 0 atom stereocenters. The van der Waals surface area contributed by atoms with Gasteiger partial charge in [-0.1, -0.05) is 12.6 Å². The van der Waals surface area contributed by atoms with Crippen molar-refractivity contribution in [3.8, 4) is 5.75 Å². The third-order valence-electron chi connectivity index (χ3n) is 2.46. The molecule has 0 saturated heterocycles. The predicted molar refractivity (Wildman–Crippen MR) is 67.0 cm³/mol. The van der Waals surface area contributed by atoms with Crippen LogP contribution in [0.4, 0.5) is 18.9 Å². The molecule has 100 valence electrons. The largest absolute Gasteiger partial charge is 0.573 e. The molecule has 0 unspecified atom stereocenters. The molecule has 0 radical (unpaired) electrons. The standard InChI is InChI=1S/C13H11F3N2O/c1-9-6-7-18(17-10(9)2)11-4-3-5-12(8-11)19-13(14,15)16/h3-8H,1H2,2H3. The van der Waals surface area contributed by atoms with E-state index < -0.39 is 6.36 Å². The minimum atomic E-state index is -4.70. The minimum absolute atomic E-state index is 0.282. The highest BCUT2D eigenvalue weighted by molar-refractivity contribution is 6.01. The zero-order valence-electron chi connectivity index (χ0n) is 10.1. The molecule has 1 aromatic rings. The van der Waals surface area contributed by atoms with Crippen LogP contribution >= 0.6 is 0 Å². The third-order valence-corrected chi connectivity index (χ3v) is 2.46. The number of ether oxygens (including phenoxy) is 1. The summed E-state index contributed by atoms with van der Waals surface area (Å²) in [5.41, 5.74) is 1.94. The highest BCUT2D eigenvalue weighted by atomic mass is 19.4. The maximum Gasteiger partial charge on any atom is 0.573 e. The fourth-order valence-corrected chi connectivity index (χ4v) is 1.51. The SMILES string of the molecule is C=C1C=CN(c2cccc(OC(F)(F)F)c2)N=C1C. The molecule has 1 heterocycles. The van der Waals surface area contributed by atoms with Crippen LogP contribution in [0.5, 0.6) is 5.75 Å². The van der Waals surface area contributed by atoms with Gasteiger partial charge in [-0.3, -0.25) is 0 Å². The topological polar surface area (TPSA) is 24.8 Å². The van der Waals surface area contributed by atoms with E-state index in [2.05, 4.69) is 16.4 Å². The smallest absolute Gasteiger partial charge is 0.406 e. The van der Waals surface area contributed by atoms with Crippen molar-refractivity contribution < 1.29 is 17.9 Å². The van der Waals surface area contributed by atoms with Gasteiger partial charge in [0, 0.05) is 12.3 Å². The molecule has 0 amide bonds. The van der Waals surface area contributed by atoms with E-state index in [1.807, 2.05) is 0 Å². The van der Waals surface area contributed by atoms with E-state index >= 15 is 0 Å². The Bertz CT molecular complexity index is 561. The Morgan fingerprint density at radius 3 is 2.68 bits per heavy atom. The number of hydrogen-bond acceptors (Lipinski definition) is 3. The second-order valence-electron chi connectivity index (χ2n) is 3.92. The fraction of sp³-hybridized carbons (Fsp3) is 0.154. The Hall–Kier alpha value is -2.24. The van der Waals surface area contributed by atoms with Crippen molar-refractivity contribution in [1.82, 2.24) is 0 Å². The number of alkyl halides is 3. The quantitative estimate of drug-likeness (QED) is 0.813. The first-order valence-electron chi connectivity index (χ1n) is 5.43. The van der Waals surface area contributed by atoms with E-state index in [9.17, 15) is 13.2 Å². The van der Waals surface area contributed by atoms with Gasteiger partial charge < -0.3 is 4.74 Å². The van der Waals surface area contributed by atoms with Crippen molar-refractivity contribution in [3.05, 3.63) is 48.7 Å². The van der Waals surface area contributed by atoms with Crippen LogP contribution in [0.3, 0.4) is 0 Å². The summed E-state index contributed by atoms with van der Waals surface area (Å²) in [4.78, 5) is 0. The van der Waals surface area contributed by atoms with Gasteiger partial charge in [0.1, 0.15) is 5.75 Å². The Labute approximate surface area is 108 Å². The van der Waals surface area contributed by atoms with Crippen LogP contribution in [0.2, 0.25) is 0 Å². The molecular weight excluding hydrogens is 257 g/mol. The van der Waals surface area contributed by atoms with Crippen LogP contribution in [0, 0.1) is 0 Å². The normalized spacial score (nSPS) is 15.5. The molecule has 1 aliphatic rings. The summed E-state index contributed by atoms with van der Waals surface area (Å²) >= 11 is 0. The maximum absolute atomic E-state index is 12.1. The van der Waals surface area contributed by atoms with Gasteiger partial charge in [-0.25, -0.2) is 5.01 Å². The van der Waals surface area contributed by atoms with Crippen molar-refractivity contribution in [3.63, 3.8) is 0 Å². The molecule has 0 aromatic heterocycles. The summed E-state index contributed by atoms with van der Waals surface area (Å²) in [5.74, 6) is -0.282. The van der Waals surface area contributed by atoms with Crippen LogP contribution in [0.15, 0.2) is 53.8 Å². The summed E-state index contributed by atoms with van der Waals surface area (Å²) in [6.45, 7) is 5.54. The predicted octanol–water partition coefficient (Wildman–Crippen LogP) is 3.85. The molecule has 1 aliphatic heterocycles. The molecule has 3 nitrogen and oxygen atoms in total. The molecule has 2 rings (SSSR count). The highest BCUT2D eigenvalue weighted by Gasteiger charge is 2.31. The molecule has 6 heteroatoms. The van der Waals surface area contributed by atoms with Crippen molar-refractivity contribution in [2.75, 3.05) is 5.01 Å². The first-order chi connectivity index (χ1) is 8.85. The van der Waals surface area contributed by atoms with Crippen LogP contribution < -0.4 is 9.75 Å². The Balaban J connectivity index is 2.25. The molecule has 0 saturated carbocycles. The van der Waals surface area contributed by atoms with Gasteiger partial charge in [-0.05, 0) is 30.7 Å². The Kier molecular flexibility index (Phi) is 3.33. The number of hydrogen-bond donors (Lipinski definition) is 0. The first-order valence-corrected chi connectivity index (χ1v) is 5.43. The molecule has 19 heavy (non-hydrogen) atoms. The van der Waals surface area contributed by atoms with E-state index in [4.69, 9.17) is 0 Å². The molecule has 0 N–H and O–H groups in total. The minimum Gasteiger partial charge on any atom is -0.406 e. The van der Waals surface area contributed by atoms with E-state index in [0.29, 0.717) is 11.4 Å². The van der Waals surface area contributed by atoms with Crippen molar-refractivity contribution >= 4 is 11.4 Å². The van der Waals surface area contributed by atoms with Crippen LogP contribution in [-0.2, 0) is 0 Å². The zero-order valence-corrected chi connectivity index (χ0v) is 10.1. The van der Waals surface area contributed by atoms with E-state index in [1.54, 1.807) is 25.3 Å². The van der Waals surface area contributed by atoms with Crippen molar-refractivity contribution in [2.24, 2.45) is 5.10 Å². The van der Waals surface area contributed by atoms with Gasteiger partial charge in [-0.15, -0.1) is 13.2 Å². The first kappa shape index (κ1) is 13.2. The molecule has 0 spiro atoms. The number of hydrazone groups is 1. The summed E-state index contributed by atoms with van der Waals surface area (Å²) in [6.07, 6.45) is -1.34. The van der Waals surface area contributed by atoms with Gasteiger partial charge >= 0.3 is 6.36 Å². The van der Waals surface area contributed by atoms with Gasteiger partial charge in [0.25, 0.3) is 0 Å². The average Bonchev–Trinajstić information content (AvgIpc) is 2.31. The summed E-state index contributed by atoms with van der Waals surface area (Å²) in [5, 5.41) is 5.66. The van der Waals surface area contributed by atoms with Gasteiger partial charge in [0.2, 0.25) is 0 Å². The summed E-state index contributed by atoms with van der Waals surface area (Å²) in [6, 6.07) is 5.61. The van der Waals surface area contributed by atoms with Crippen molar-refractivity contribution in [1.29, 1.82) is 0 Å². The number of halogens is 3. The van der Waals surface area contributed by atoms with Gasteiger partial charge in [0.05, 0.1) is 11.4 Å². The lowest BCUT2D eigenvalue weighted by atomic mass is 10.2. The number of nitrogens with zero attached hydrogens (tertiary/aromatic N) is 2. The second kappa shape index (κ2) is 4.79. The highest BCUT2D eigenvalue weighted by Crippen LogP contribution is 2.28. The number of benzene rings is 1. The van der Waals surface area contributed by atoms with Crippen molar-refractivity contribution in [2.45, 2.75) is 13.3 Å². The van der Waals surface area contributed by atoms with E-state index in [-0.39, 0.29) is 5.75 Å². The average molecular weight is 268 g/mol. The van der Waals surface area contributed by atoms with E-state index in [1.165, 1.54) is 23.2 Å². The summed E-state index contributed by atoms with van der Waals surface area (Å²) < 4.78 is 40.3. The molecule has 0 fully saturated rings.